The van der Waals surface area contributed by atoms with Gasteiger partial charge in [0.25, 0.3) is 5.91 Å². The van der Waals surface area contributed by atoms with E-state index in [-0.39, 0.29) is 11.9 Å². The first-order chi connectivity index (χ1) is 11.7. The molecule has 2 aromatic rings. The molecule has 0 aliphatic carbocycles. The van der Waals surface area contributed by atoms with Crippen molar-refractivity contribution in [2.75, 3.05) is 32.1 Å². The SMILES string of the molecule is COc1ccc(C(=O)N(C)C2CCN(c3ccccn3)CC2)cc1. The van der Waals surface area contributed by atoms with E-state index in [4.69, 9.17) is 4.74 Å². The van der Waals surface area contributed by atoms with Crippen molar-refractivity contribution in [2.24, 2.45) is 0 Å². The zero-order chi connectivity index (χ0) is 16.9. The van der Waals surface area contributed by atoms with E-state index in [0.29, 0.717) is 5.56 Å². The molecule has 5 heteroatoms. The topological polar surface area (TPSA) is 45.7 Å². The number of carbonyl (C=O) groups is 1. The minimum Gasteiger partial charge on any atom is -0.497 e. The molecule has 2 heterocycles. The van der Waals surface area contributed by atoms with Crippen LogP contribution < -0.4 is 9.64 Å². The highest BCUT2D eigenvalue weighted by atomic mass is 16.5. The number of ether oxygens (including phenoxy) is 1. The number of piperidine rings is 1. The van der Waals surface area contributed by atoms with E-state index in [2.05, 4.69) is 9.88 Å². The summed E-state index contributed by atoms with van der Waals surface area (Å²) in [6.45, 7) is 1.84. The van der Waals surface area contributed by atoms with Gasteiger partial charge in [-0.3, -0.25) is 4.79 Å². The molecular weight excluding hydrogens is 302 g/mol. The van der Waals surface area contributed by atoms with E-state index >= 15 is 0 Å². The first-order valence-electron chi connectivity index (χ1n) is 8.26. The lowest BCUT2D eigenvalue weighted by Gasteiger charge is -2.37. The van der Waals surface area contributed by atoms with Crippen LogP contribution in [0, 0.1) is 0 Å². The van der Waals surface area contributed by atoms with Gasteiger partial charge in [0.15, 0.2) is 0 Å². The Morgan fingerprint density at radius 3 is 2.46 bits per heavy atom. The Labute approximate surface area is 142 Å². The number of benzene rings is 1. The summed E-state index contributed by atoms with van der Waals surface area (Å²) < 4.78 is 5.14. The summed E-state index contributed by atoms with van der Waals surface area (Å²) in [5.41, 5.74) is 0.699. The maximum absolute atomic E-state index is 12.7. The summed E-state index contributed by atoms with van der Waals surface area (Å²) in [5.74, 6) is 1.84. The number of hydrogen-bond donors (Lipinski definition) is 0. The number of nitrogens with zero attached hydrogens (tertiary/aromatic N) is 3. The molecule has 126 valence electrons. The fraction of sp³-hybridized carbons (Fsp3) is 0.368. The van der Waals surface area contributed by atoms with Crippen LogP contribution in [-0.2, 0) is 0 Å². The van der Waals surface area contributed by atoms with Crippen LogP contribution >= 0.6 is 0 Å². The fourth-order valence-electron chi connectivity index (χ4n) is 3.13. The number of hydrogen-bond acceptors (Lipinski definition) is 4. The number of anilines is 1. The van der Waals surface area contributed by atoms with E-state index in [1.807, 2.05) is 60.6 Å². The van der Waals surface area contributed by atoms with Crippen molar-refractivity contribution in [2.45, 2.75) is 18.9 Å². The van der Waals surface area contributed by atoms with Gasteiger partial charge in [-0.25, -0.2) is 4.98 Å². The lowest BCUT2D eigenvalue weighted by Crippen LogP contribution is -2.45. The number of amides is 1. The Balaban J connectivity index is 1.60. The standard InChI is InChI=1S/C19H23N3O2/c1-21(19(23)15-6-8-17(24-2)9-7-15)16-10-13-22(14-11-16)18-5-3-4-12-20-18/h3-9,12,16H,10-11,13-14H2,1-2H3. The molecular formula is C19H23N3O2. The molecule has 0 spiro atoms. The van der Waals surface area contributed by atoms with E-state index in [1.54, 1.807) is 7.11 Å². The van der Waals surface area contributed by atoms with Crippen LogP contribution in [0.15, 0.2) is 48.7 Å². The van der Waals surface area contributed by atoms with Crippen LogP contribution in [0.2, 0.25) is 0 Å². The molecule has 1 amide bonds. The Kier molecular flexibility index (Phi) is 4.99. The van der Waals surface area contributed by atoms with Crippen molar-refractivity contribution >= 4 is 11.7 Å². The third-order valence-corrected chi connectivity index (χ3v) is 4.64. The summed E-state index contributed by atoms with van der Waals surface area (Å²) in [6.07, 6.45) is 3.73. The molecule has 0 bridgehead atoms. The van der Waals surface area contributed by atoms with E-state index in [0.717, 1.165) is 37.5 Å². The van der Waals surface area contributed by atoms with Crippen molar-refractivity contribution in [3.05, 3.63) is 54.2 Å². The third kappa shape index (κ3) is 3.50. The van der Waals surface area contributed by atoms with Crippen LogP contribution in [0.3, 0.4) is 0 Å². The average Bonchev–Trinajstić information content (AvgIpc) is 2.68. The Morgan fingerprint density at radius 2 is 1.88 bits per heavy atom. The van der Waals surface area contributed by atoms with E-state index in [1.165, 1.54) is 0 Å². The van der Waals surface area contributed by atoms with Gasteiger partial charge in [-0.05, 0) is 49.2 Å². The zero-order valence-corrected chi connectivity index (χ0v) is 14.2. The lowest BCUT2D eigenvalue weighted by molar-refractivity contribution is 0.0709. The fourth-order valence-corrected chi connectivity index (χ4v) is 3.13. The van der Waals surface area contributed by atoms with Crippen molar-refractivity contribution < 1.29 is 9.53 Å². The van der Waals surface area contributed by atoms with Crippen molar-refractivity contribution in [1.82, 2.24) is 9.88 Å². The molecule has 1 fully saturated rings. The predicted octanol–water partition coefficient (Wildman–Crippen LogP) is 2.83. The van der Waals surface area contributed by atoms with Gasteiger partial charge in [0.2, 0.25) is 0 Å². The zero-order valence-electron chi connectivity index (χ0n) is 14.2. The molecule has 0 unspecified atom stereocenters. The highest BCUT2D eigenvalue weighted by Gasteiger charge is 2.26. The van der Waals surface area contributed by atoms with E-state index < -0.39 is 0 Å². The number of methoxy groups -OCH3 is 1. The molecule has 1 saturated heterocycles. The van der Waals surface area contributed by atoms with Crippen molar-refractivity contribution in [3.63, 3.8) is 0 Å². The second-order valence-corrected chi connectivity index (χ2v) is 6.05. The molecule has 3 rings (SSSR count). The van der Waals surface area contributed by atoms with Gasteiger partial charge in [-0.1, -0.05) is 6.07 Å². The minimum absolute atomic E-state index is 0.0638. The van der Waals surface area contributed by atoms with Gasteiger partial charge in [-0.15, -0.1) is 0 Å². The van der Waals surface area contributed by atoms with Crippen LogP contribution in [0.5, 0.6) is 5.75 Å². The van der Waals surface area contributed by atoms with Gasteiger partial charge in [0.1, 0.15) is 11.6 Å². The van der Waals surface area contributed by atoms with Crippen LogP contribution in [0.4, 0.5) is 5.82 Å². The molecule has 1 aliphatic rings. The van der Waals surface area contributed by atoms with Gasteiger partial charge in [-0.2, -0.15) is 0 Å². The second kappa shape index (κ2) is 7.34. The molecule has 1 aromatic carbocycles. The predicted molar refractivity (Wildman–Crippen MR) is 94.6 cm³/mol. The number of aromatic nitrogens is 1. The van der Waals surface area contributed by atoms with Crippen LogP contribution in [0.25, 0.3) is 0 Å². The maximum Gasteiger partial charge on any atom is 0.253 e. The second-order valence-electron chi connectivity index (χ2n) is 6.05. The van der Waals surface area contributed by atoms with Crippen LogP contribution in [-0.4, -0.2) is 49.1 Å². The summed E-state index contributed by atoms with van der Waals surface area (Å²) in [5, 5.41) is 0. The molecule has 1 aliphatic heterocycles. The minimum atomic E-state index is 0.0638. The maximum atomic E-state index is 12.7. The molecule has 1 aromatic heterocycles. The molecule has 0 radical (unpaired) electrons. The lowest BCUT2D eigenvalue weighted by atomic mass is 10.0. The number of rotatable bonds is 4. The van der Waals surface area contributed by atoms with Gasteiger partial charge < -0.3 is 14.5 Å². The average molecular weight is 325 g/mol. The quantitative estimate of drug-likeness (QED) is 0.867. The first kappa shape index (κ1) is 16.3. The summed E-state index contributed by atoms with van der Waals surface area (Å²) in [4.78, 5) is 21.2. The third-order valence-electron chi connectivity index (χ3n) is 4.64. The van der Waals surface area contributed by atoms with Gasteiger partial charge in [0, 0.05) is 37.9 Å². The molecule has 24 heavy (non-hydrogen) atoms. The van der Waals surface area contributed by atoms with Gasteiger partial charge >= 0.3 is 0 Å². The number of pyridine rings is 1. The first-order valence-corrected chi connectivity index (χ1v) is 8.26. The molecule has 0 atom stereocenters. The summed E-state index contributed by atoms with van der Waals surface area (Å²) >= 11 is 0. The Bertz CT molecular complexity index is 665. The largest absolute Gasteiger partial charge is 0.497 e. The normalized spacial score (nSPS) is 15.2. The molecule has 5 nitrogen and oxygen atoms in total. The highest BCUT2D eigenvalue weighted by molar-refractivity contribution is 5.94. The van der Waals surface area contributed by atoms with Crippen LogP contribution in [0.1, 0.15) is 23.2 Å². The summed E-state index contributed by atoms with van der Waals surface area (Å²) in [7, 11) is 3.52. The molecule has 0 N–H and O–H groups in total. The highest BCUT2D eigenvalue weighted by Crippen LogP contribution is 2.22. The summed E-state index contributed by atoms with van der Waals surface area (Å²) in [6, 6.07) is 13.5. The Morgan fingerprint density at radius 1 is 1.17 bits per heavy atom. The smallest absolute Gasteiger partial charge is 0.253 e. The van der Waals surface area contributed by atoms with Crippen molar-refractivity contribution in [3.8, 4) is 5.75 Å². The monoisotopic (exact) mass is 325 g/mol. The molecule has 0 saturated carbocycles. The Hall–Kier alpha value is -2.56. The number of carbonyl (C=O) groups excluding carboxylic acids is 1. The van der Waals surface area contributed by atoms with E-state index in [9.17, 15) is 4.79 Å². The van der Waals surface area contributed by atoms with Crippen molar-refractivity contribution in [1.29, 1.82) is 0 Å². The van der Waals surface area contributed by atoms with Gasteiger partial charge in [0.05, 0.1) is 7.11 Å².